The van der Waals surface area contributed by atoms with Gasteiger partial charge in [-0.15, -0.1) is 0 Å². The molecule has 0 saturated carbocycles. The van der Waals surface area contributed by atoms with Gasteiger partial charge in [0.15, 0.2) is 0 Å². The van der Waals surface area contributed by atoms with Crippen LogP contribution in [0, 0.1) is 6.92 Å². The molecule has 2 aromatic rings. The Morgan fingerprint density at radius 3 is 2.47 bits per heavy atom. The molecule has 0 radical (unpaired) electrons. The van der Waals surface area contributed by atoms with E-state index in [2.05, 4.69) is 57.5 Å². The molecule has 0 spiro atoms. The number of hydrogen-bond donors (Lipinski definition) is 1. The van der Waals surface area contributed by atoms with E-state index in [9.17, 15) is 0 Å². The second kappa shape index (κ2) is 3.88. The second-order valence-electron chi connectivity index (χ2n) is 5.42. The van der Waals surface area contributed by atoms with E-state index in [4.69, 9.17) is 5.73 Å². The summed E-state index contributed by atoms with van der Waals surface area (Å²) in [5, 5.41) is 1.33. The van der Waals surface area contributed by atoms with E-state index >= 15 is 0 Å². The Labute approximate surface area is 103 Å². The van der Waals surface area contributed by atoms with Crippen molar-refractivity contribution < 1.29 is 0 Å². The molecule has 17 heavy (non-hydrogen) atoms. The zero-order valence-electron chi connectivity index (χ0n) is 11.5. The zero-order chi connectivity index (χ0) is 12.8. The van der Waals surface area contributed by atoms with Gasteiger partial charge in [0.2, 0.25) is 0 Å². The highest BCUT2D eigenvalue weighted by molar-refractivity contribution is 5.88. The second-order valence-corrected chi connectivity index (χ2v) is 5.42. The van der Waals surface area contributed by atoms with Crippen LogP contribution in [0.4, 0.5) is 0 Å². The molecule has 0 fully saturated rings. The summed E-state index contributed by atoms with van der Waals surface area (Å²) in [7, 11) is 2.12. The van der Waals surface area contributed by atoms with Gasteiger partial charge in [-0.25, -0.2) is 0 Å². The smallest absolute Gasteiger partial charge is 0.0515 e. The predicted octanol–water partition coefficient (Wildman–Crippen LogP) is 3.24. The molecule has 0 unspecified atom stereocenters. The van der Waals surface area contributed by atoms with Gasteiger partial charge in [-0.2, -0.15) is 0 Å². The minimum absolute atomic E-state index is 0.303. The average molecular weight is 230 g/mol. The summed E-state index contributed by atoms with van der Waals surface area (Å²) in [5.41, 5.74) is 11.3. The number of fused-ring (bicyclic) bond motifs is 1. The van der Waals surface area contributed by atoms with Crippen LogP contribution < -0.4 is 5.73 Å². The Kier molecular flexibility index (Phi) is 2.78. The van der Waals surface area contributed by atoms with Crippen molar-refractivity contribution in [2.75, 3.05) is 0 Å². The monoisotopic (exact) mass is 230 g/mol. The van der Waals surface area contributed by atoms with Gasteiger partial charge in [-0.05, 0) is 38.3 Å². The Hall–Kier alpha value is -1.28. The van der Waals surface area contributed by atoms with Crippen molar-refractivity contribution >= 4 is 10.9 Å². The van der Waals surface area contributed by atoms with E-state index in [1.807, 2.05) is 0 Å². The van der Waals surface area contributed by atoms with Crippen molar-refractivity contribution in [3.8, 4) is 0 Å². The normalized spacial score (nSPS) is 12.4. The highest BCUT2D eigenvalue weighted by Crippen LogP contribution is 2.32. The van der Waals surface area contributed by atoms with Crippen LogP contribution in [0.15, 0.2) is 18.2 Å². The van der Waals surface area contributed by atoms with Crippen molar-refractivity contribution in [2.45, 2.75) is 39.7 Å². The minimum Gasteiger partial charge on any atom is -0.346 e. The SMILES string of the molecule is CCc1cccc2c(C)c(C(C)(C)N)n(C)c12. The molecule has 2 nitrogen and oxygen atoms in total. The van der Waals surface area contributed by atoms with Crippen LogP contribution in [0.1, 0.15) is 37.6 Å². The lowest BCUT2D eigenvalue weighted by Crippen LogP contribution is -2.31. The Morgan fingerprint density at radius 1 is 1.29 bits per heavy atom. The van der Waals surface area contributed by atoms with Crippen LogP contribution in [0.25, 0.3) is 10.9 Å². The summed E-state index contributed by atoms with van der Waals surface area (Å²) in [4.78, 5) is 0. The Balaban J connectivity index is 2.90. The van der Waals surface area contributed by atoms with Gasteiger partial charge in [0.25, 0.3) is 0 Å². The summed E-state index contributed by atoms with van der Waals surface area (Å²) in [6.07, 6.45) is 1.05. The number of nitrogens with two attached hydrogens (primary N) is 1. The van der Waals surface area contributed by atoms with E-state index in [-0.39, 0.29) is 5.54 Å². The quantitative estimate of drug-likeness (QED) is 0.843. The van der Waals surface area contributed by atoms with Crippen LogP contribution in [0.5, 0.6) is 0 Å². The first-order chi connectivity index (χ1) is 7.88. The maximum absolute atomic E-state index is 6.29. The van der Waals surface area contributed by atoms with Crippen LogP contribution in [0.2, 0.25) is 0 Å². The number of aryl methyl sites for hydroxylation is 3. The molecule has 2 N–H and O–H groups in total. The summed E-state index contributed by atoms with van der Waals surface area (Å²) < 4.78 is 2.27. The third kappa shape index (κ3) is 1.77. The fraction of sp³-hybridized carbons (Fsp3) is 0.467. The van der Waals surface area contributed by atoms with E-state index in [1.165, 1.54) is 27.7 Å². The third-order valence-electron chi connectivity index (χ3n) is 3.54. The van der Waals surface area contributed by atoms with Crippen LogP contribution in [-0.4, -0.2) is 4.57 Å². The van der Waals surface area contributed by atoms with Gasteiger partial charge in [0.1, 0.15) is 0 Å². The van der Waals surface area contributed by atoms with Crippen molar-refractivity contribution in [2.24, 2.45) is 12.8 Å². The Morgan fingerprint density at radius 2 is 1.94 bits per heavy atom. The Bertz CT molecular complexity index is 556. The summed E-state index contributed by atoms with van der Waals surface area (Å²) >= 11 is 0. The first-order valence-electron chi connectivity index (χ1n) is 6.24. The van der Waals surface area contributed by atoms with Crippen LogP contribution in [-0.2, 0) is 19.0 Å². The molecule has 1 heterocycles. The molecule has 2 heteroatoms. The first kappa shape index (κ1) is 12.2. The van der Waals surface area contributed by atoms with Crippen LogP contribution >= 0.6 is 0 Å². The lowest BCUT2D eigenvalue weighted by Gasteiger charge is -2.21. The molecule has 2 rings (SSSR count). The van der Waals surface area contributed by atoms with Gasteiger partial charge in [-0.3, -0.25) is 0 Å². The molecule has 0 amide bonds. The lowest BCUT2D eigenvalue weighted by molar-refractivity contribution is 0.513. The average Bonchev–Trinajstić information content (AvgIpc) is 2.51. The largest absolute Gasteiger partial charge is 0.346 e. The highest BCUT2D eigenvalue weighted by atomic mass is 15.0. The first-order valence-corrected chi connectivity index (χ1v) is 6.24. The van der Waals surface area contributed by atoms with E-state index < -0.39 is 0 Å². The molecule has 0 saturated heterocycles. The van der Waals surface area contributed by atoms with Crippen molar-refractivity contribution in [1.29, 1.82) is 0 Å². The van der Waals surface area contributed by atoms with Gasteiger partial charge >= 0.3 is 0 Å². The summed E-state index contributed by atoms with van der Waals surface area (Å²) in [5.74, 6) is 0. The number of benzene rings is 1. The van der Waals surface area contributed by atoms with Gasteiger partial charge in [-0.1, -0.05) is 25.1 Å². The molecule has 0 aliphatic heterocycles. The molecule has 1 aromatic heterocycles. The van der Waals surface area contributed by atoms with Gasteiger partial charge in [0.05, 0.1) is 11.1 Å². The van der Waals surface area contributed by atoms with Gasteiger partial charge in [0, 0.05) is 18.1 Å². The molecule has 92 valence electrons. The lowest BCUT2D eigenvalue weighted by atomic mass is 9.97. The zero-order valence-corrected chi connectivity index (χ0v) is 11.5. The summed E-state index contributed by atoms with van der Waals surface area (Å²) in [6, 6.07) is 6.54. The van der Waals surface area contributed by atoms with E-state index in [1.54, 1.807) is 0 Å². The molecule has 0 atom stereocenters. The third-order valence-corrected chi connectivity index (χ3v) is 3.54. The summed E-state index contributed by atoms with van der Waals surface area (Å²) in [6.45, 7) is 8.51. The fourth-order valence-corrected chi connectivity index (χ4v) is 2.98. The molecule has 0 aliphatic rings. The highest BCUT2D eigenvalue weighted by Gasteiger charge is 2.24. The van der Waals surface area contributed by atoms with Gasteiger partial charge < -0.3 is 10.3 Å². The predicted molar refractivity (Wildman–Crippen MR) is 74.2 cm³/mol. The minimum atomic E-state index is -0.303. The van der Waals surface area contributed by atoms with E-state index in [0.29, 0.717) is 0 Å². The number of hydrogen-bond acceptors (Lipinski definition) is 1. The van der Waals surface area contributed by atoms with E-state index in [0.717, 1.165) is 6.42 Å². The maximum Gasteiger partial charge on any atom is 0.0515 e. The molecule has 0 bridgehead atoms. The van der Waals surface area contributed by atoms with Crippen molar-refractivity contribution in [1.82, 2.24) is 4.57 Å². The standard InChI is InChI=1S/C15H22N2/c1-6-11-8-7-9-12-10(2)14(15(3,4)16)17(5)13(11)12/h7-9H,6,16H2,1-5H3. The topological polar surface area (TPSA) is 30.9 Å². The number of para-hydroxylation sites is 1. The number of nitrogens with zero attached hydrogens (tertiary/aromatic N) is 1. The van der Waals surface area contributed by atoms with Crippen molar-refractivity contribution in [3.63, 3.8) is 0 Å². The molecular weight excluding hydrogens is 208 g/mol. The van der Waals surface area contributed by atoms with Crippen LogP contribution in [0.3, 0.4) is 0 Å². The molecule has 0 aliphatic carbocycles. The molecular formula is C15H22N2. The maximum atomic E-state index is 6.29. The number of rotatable bonds is 2. The number of aromatic nitrogens is 1. The molecule has 1 aromatic carbocycles. The van der Waals surface area contributed by atoms with Crippen molar-refractivity contribution in [3.05, 3.63) is 35.0 Å². The fourth-order valence-electron chi connectivity index (χ4n) is 2.98.